The summed E-state index contributed by atoms with van der Waals surface area (Å²) in [5.41, 5.74) is 2.42. The summed E-state index contributed by atoms with van der Waals surface area (Å²) in [5.74, 6) is -1.06. The molecule has 0 heterocycles. The molecule has 19 heavy (non-hydrogen) atoms. The molecular weight excluding hydrogens is 242 g/mol. The van der Waals surface area contributed by atoms with Gasteiger partial charge in [-0.1, -0.05) is 19.9 Å². The van der Waals surface area contributed by atoms with Crippen molar-refractivity contribution in [2.45, 2.75) is 27.2 Å². The number of rotatable bonds is 5. The molecule has 1 rings (SSSR count). The van der Waals surface area contributed by atoms with Crippen molar-refractivity contribution < 1.29 is 14.7 Å². The summed E-state index contributed by atoms with van der Waals surface area (Å²) < 4.78 is 0. The fraction of sp³-hybridized carbons (Fsp3) is 0.333. The summed E-state index contributed by atoms with van der Waals surface area (Å²) in [6.45, 7) is 5.72. The molecule has 0 fully saturated rings. The topological polar surface area (TPSA) is 66.4 Å². The number of carboxylic acid groups (broad SMARTS) is 1. The summed E-state index contributed by atoms with van der Waals surface area (Å²) in [6, 6.07) is 5.44. The van der Waals surface area contributed by atoms with Crippen LogP contribution in [0.3, 0.4) is 0 Å². The van der Waals surface area contributed by atoms with Crippen LogP contribution in [0.25, 0.3) is 6.08 Å². The maximum atomic E-state index is 11.8. The maximum absolute atomic E-state index is 11.8. The summed E-state index contributed by atoms with van der Waals surface area (Å²) in [4.78, 5) is 22.3. The van der Waals surface area contributed by atoms with Crippen molar-refractivity contribution in [3.05, 3.63) is 35.4 Å². The van der Waals surface area contributed by atoms with Gasteiger partial charge >= 0.3 is 5.97 Å². The first kappa shape index (κ1) is 15.0. The quantitative estimate of drug-likeness (QED) is 0.800. The molecule has 2 N–H and O–H groups in total. The second kappa shape index (κ2) is 6.73. The smallest absolute Gasteiger partial charge is 0.328 e. The van der Waals surface area contributed by atoms with Crippen LogP contribution < -0.4 is 5.32 Å². The van der Waals surface area contributed by atoms with Crippen molar-refractivity contribution in [3.63, 3.8) is 0 Å². The lowest BCUT2D eigenvalue weighted by atomic mass is 10.1. The molecule has 0 aliphatic carbocycles. The summed E-state index contributed by atoms with van der Waals surface area (Å²) >= 11 is 0. The Kier molecular flexibility index (Phi) is 5.30. The zero-order chi connectivity index (χ0) is 14.4. The van der Waals surface area contributed by atoms with Gasteiger partial charge in [-0.2, -0.15) is 0 Å². The predicted molar refractivity (Wildman–Crippen MR) is 75.9 cm³/mol. The largest absolute Gasteiger partial charge is 0.478 e. The molecule has 1 aromatic rings. The van der Waals surface area contributed by atoms with Gasteiger partial charge in [-0.05, 0) is 42.7 Å². The molecule has 0 aliphatic rings. The van der Waals surface area contributed by atoms with Crippen LogP contribution in [0.1, 0.15) is 31.4 Å². The molecule has 102 valence electrons. The lowest BCUT2D eigenvalue weighted by molar-refractivity contribution is -0.131. The van der Waals surface area contributed by atoms with E-state index >= 15 is 0 Å². The van der Waals surface area contributed by atoms with Crippen molar-refractivity contribution in [2.24, 2.45) is 5.92 Å². The van der Waals surface area contributed by atoms with Crippen LogP contribution in [0.15, 0.2) is 24.3 Å². The molecule has 0 aromatic heterocycles. The van der Waals surface area contributed by atoms with Gasteiger partial charge in [-0.3, -0.25) is 4.79 Å². The van der Waals surface area contributed by atoms with Crippen molar-refractivity contribution in [1.29, 1.82) is 0 Å². The molecule has 0 spiro atoms. The van der Waals surface area contributed by atoms with Crippen LogP contribution in [-0.2, 0) is 9.59 Å². The minimum Gasteiger partial charge on any atom is -0.478 e. The Morgan fingerprint density at radius 1 is 1.42 bits per heavy atom. The van der Waals surface area contributed by atoms with Gasteiger partial charge in [0.2, 0.25) is 5.91 Å². The zero-order valence-electron chi connectivity index (χ0n) is 11.4. The van der Waals surface area contributed by atoms with Gasteiger partial charge in [0.15, 0.2) is 0 Å². The first-order valence-corrected chi connectivity index (χ1v) is 6.26. The van der Waals surface area contributed by atoms with Crippen LogP contribution in [-0.4, -0.2) is 17.0 Å². The van der Waals surface area contributed by atoms with E-state index in [1.54, 1.807) is 6.07 Å². The first-order chi connectivity index (χ1) is 8.93. The number of hydrogen-bond donors (Lipinski definition) is 2. The number of nitrogens with one attached hydrogen (secondary N) is 1. The van der Waals surface area contributed by atoms with Gasteiger partial charge in [0, 0.05) is 17.7 Å². The van der Waals surface area contributed by atoms with Crippen LogP contribution in [0.4, 0.5) is 5.69 Å². The molecular formula is C15H19NO3. The highest BCUT2D eigenvalue weighted by Crippen LogP contribution is 2.18. The third-order valence-electron chi connectivity index (χ3n) is 3.01. The summed E-state index contributed by atoms with van der Waals surface area (Å²) in [5, 5.41) is 11.5. The molecule has 1 unspecified atom stereocenters. The lowest BCUT2D eigenvalue weighted by Crippen LogP contribution is -2.19. The van der Waals surface area contributed by atoms with Gasteiger partial charge in [0.1, 0.15) is 0 Å². The number of anilines is 1. The van der Waals surface area contributed by atoms with Gasteiger partial charge < -0.3 is 10.4 Å². The van der Waals surface area contributed by atoms with E-state index in [1.165, 1.54) is 6.08 Å². The number of aliphatic carboxylic acids is 1. The van der Waals surface area contributed by atoms with E-state index in [1.807, 2.05) is 32.9 Å². The van der Waals surface area contributed by atoms with Crippen molar-refractivity contribution in [3.8, 4) is 0 Å². The van der Waals surface area contributed by atoms with E-state index in [4.69, 9.17) is 5.11 Å². The molecule has 4 nitrogen and oxygen atoms in total. The second-order valence-electron chi connectivity index (χ2n) is 4.54. The predicted octanol–water partition coefficient (Wildman–Crippen LogP) is 3.08. The zero-order valence-corrected chi connectivity index (χ0v) is 11.4. The molecule has 1 aromatic carbocycles. The molecule has 1 amide bonds. The Hall–Kier alpha value is -2.10. The summed E-state index contributed by atoms with van der Waals surface area (Å²) in [7, 11) is 0. The number of benzene rings is 1. The van der Waals surface area contributed by atoms with E-state index in [9.17, 15) is 9.59 Å². The Morgan fingerprint density at radius 3 is 2.68 bits per heavy atom. The number of carboxylic acids is 1. The summed E-state index contributed by atoms with van der Waals surface area (Å²) in [6.07, 6.45) is 3.39. The third-order valence-corrected chi connectivity index (χ3v) is 3.01. The molecule has 0 saturated heterocycles. The van der Waals surface area contributed by atoms with Gasteiger partial charge in [-0.15, -0.1) is 0 Å². The molecule has 0 aliphatic heterocycles. The fourth-order valence-corrected chi connectivity index (χ4v) is 1.51. The van der Waals surface area contributed by atoms with Gasteiger partial charge in [0.05, 0.1) is 0 Å². The molecule has 1 atom stereocenters. The highest BCUT2D eigenvalue weighted by Gasteiger charge is 2.10. The average Bonchev–Trinajstić information content (AvgIpc) is 2.38. The van der Waals surface area contributed by atoms with Crippen LogP contribution in [0.5, 0.6) is 0 Å². The van der Waals surface area contributed by atoms with Gasteiger partial charge in [-0.25, -0.2) is 4.79 Å². The highest BCUT2D eigenvalue weighted by atomic mass is 16.4. The van der Waals surface area contributed by atoms with Crippen LogP contribution in [0.2, 0.25) is 0 Å². The average molecular weight is 261 g/mol. The van der Waals surface area contributed by atoms with Crippen molar-refractivity contribution in [2.75, 3.05) is 5.32 Å². The molecule has 0 bridgehead atoms. The van der Waals surface area contributed by atoms with E-state index < -0.39 is 5.97 Å². The number of aryl methyl sites for hydroxylation is 1. The Labute approximate surface area is 113 Å². The van der Waals surface area contributed by atoms with E-state index in [-0.39, 0.29) is 11.8 Å². The normalized spacial score (nSPS) is 12.4. The highest BCUT2D eigenvalue weighted by molar-refractivity contribution is 5.93. The number of hydrogen-bond acceptors (Lipinski definition) is 2. The van der Waals surface area contributed by atoms with Crippen molar-refractivity contribution >= 4 is 23.6 Å². The minimum atomic E-state index is -0.992. The molecule has 0 radical (unpaired) electrons. The fourth-order valence-electron chi connectivity index (χ4n) is 1.51. The van der Waals surface area contributed by atoms with Crippen molar-refractivity contribution in [1.82, 2.24) is 0 Å². The first-order valence-electron chi connectivity index (χ1n) is 6.26. The van der Waals surface area contributed by atoms with E-state index in [0.29, 0.717) is 5.69 Å². The second-order valence-corrected chi connectivity index (χ2v) is 4.54. The SMILES string of the molecule is CCC(C)C(=O)Nc1ccc(C)c(C=CC(=O)O)c1. The standard InChI is InChI=1S/C15H19NO3/c1-4-10(2)15(19)16-13-7-5-11(3)12(9-13)6-8-14(17)18/h5-10H,4H2,1-3H3,(H,16,19)(H,17,18). The monoisotopic (exact) mass is 261 g/mol. The maximum Gasteiger partial charge on any atom is 0.328 e. The minimum absolute atomic E-state index is 0.0282. The Morgan fingerprint density at radius 2 is 2.11 bits per heavy atom. The third kappa shape index (κ3) is 4.58. The lowest BCUT2D eigenvalue weighted by Gasteiger charge is -2.11. The van der Waals surface area contributed by atoms with Gasteiger partial charge in [0.25, 0.3) is 0 Å². The van der Waals surface area contributed by atoms with Crippen LogP contribution >= 0.6 is 0 Å². The molecule has 0 saturated carbocycles. The Balaban J connectivity index is 2.90. The molecule has 4 heteroatoms. The number of amides is 1. The number of carbonyl (C=O) groups is 2. The van der Waals surface area contributed by atoms with E-state index in [2.05, 4.69) is 5.32 Å². The van der Waals surface area contributed by atoms with E-state index in [0.717, 1.165) is 23.6 Å². The van der Waals surface area contributed by atoms with Crippen LogP contribution in [0, 0.1) is 12.8 Å². The number of carbonyl (C=O) groups excluding carboxylic acids is 1. The Bertz CT molecular complexity index is 506.